The van der Waals surface area contributed by atoms with Crippen LogP contribution in [-0.4, -0.2) is 39.4 Å². The summed E-state index contributed by atoms with van der Waals surface area (Å²) in [6.07, 6.45) is 2.16. The predicted octanol–water partition coefficient (Wildman–Crippen LogP) is -0.157. The fraction of sp³-hybridized carbons (Fsp3) is 0.643. The summed E-state index contributed by atoms with van der Waals surface area (Å²) in [7, 11) is 0. The molecular weight excluding hydrogens is 270 g/mol. The maximum atomic E-state index is 12.2. The first-order chi connectivity index (χ1) is 9.76. The van der Waals surface area contributed by atoms with E-state index in [1.807, 2.05) is 20.8 Å². The van der Waals surface area contributed by atoms with Crippen LogP contribution in [0.25, 0.3) is 0 Å². The summed E-state index contributed by atoms with van der Waals surface area (Å²) in [5, 5.41) is 8.73. The Hall–Kier alpha value is -1.89. The smallest absolute Gasteiger partial charge is 0.242 e. The molecule has 21 heavy (non-hydrogen) atoms. The third-order valence-corrected chi connectivity index (χ3v) is 3.30. The fourth-order valence-electron chi connectivity index (χ4n) is 2.21. The van der Waals surface area contributed by atoms with Gasteiger partial charge in [-0.05, 0) is 27.7 Å². The zero-order valence-electron chi connectivity index (χ0n) is 12.9. The van der Waals surface area contributed by atoms with E-state index in [9.17, 15) is 9.59 Å². The Labute approximate surface area is 124 Å². The Balaban J connectivity index is 1.89. The zero-order chi connectivity index (χ0) is 15.6. The Morgan fingerprint density at radius 3 is 2.81 bits per heavy atom. The number of nitrogens with one attached hydrogen (secondary N) is 4. The second-order valence-electron chi connectivity index (χ2n) is 6.43. The largest absolute Gasteiger partial charge is 0.350 e. The van der Waals surface area contributed by atoms with Gasteiger partial charge >= 0.3 is 0 Å². The molecule has 0 spiro atoms. The summed E-state index contributed by atoms with van der Waals surface area (Å²) in [5.74, 6) is -0.368. The zero-order valence-corrected chi connectivity index (χ0v) is 12.9. The number of hydrogen-bond donors (Lipinski definition) is 4. The number of carbonyl (C=O) groups excluding carboxylic acids is 2. The molecule has 0 aromatic carbocycles. The van der Waals surface area contributed by atoms with Gasteiger partial charge in [0, 0.05) is 18.5 Å². The van der Waals surface area contributed by atoms with Gasteiger partial charge < -0.3 is 15.6 Å². The Kier molecular flexibility index (Phi) is 4.32. The maximum Gasteiger partial charge on any atom is 0.242 e. The molecular formula is C14H23N5O2. The third-order valence-electron chi connectivity index (χ3n) is 3.30. The molecule has 1 aromatic heterocycles. The Morgan fingerprint density at radius 2 is 2.14 bits per heavy atom. The van der Waals surface area contributed by atoms with Gasteiger partial charge in [-0.1, -0.05) is 0 Å². The molecule has 2 unspecified atom stereocenters. The van der Waals surface area contributed by atoms with Crippen molar-refractivity contribution in [3.05, 3.63) is 17.7 Å². The van der Waals surface area contributed by atoms with Crippen molar-refractivity contribution >= 4 is 11.8 Å². The summed E-state index contributed by atoms with van der Waals surface area (Å²) >= 11 is 0. The average molecular weight is 293 g/mol. The monoisotopic (exact) mass is 293 g/mol. The number of rotatable bonds is 3. The molecule has 2 amide bonds. The predicted molar refractivity (Wildman–Crippen MR) is 78.4 cm³/mol. The second kappa shape index (κ2) is 5.85. The van der Waals surface area contributed by atoms with Crippen molar-refractivity contribution in [1.82, 2.24) is 25.9 Å². The Bertz CT molecular complexity index is 532. The highest BCUT2D eigenvalue weighted by molar-refractivity contribution is 5.90. The molecule has 2 heterocycles. The van der Waals surface area contributed by atoms with E-state index in [-0.39, 0.29) is 23.4 Å². The number of aromatic amines is 1. The number of carbonyl (C=O) groups is 2. The van der Waals surface area contributed by atoms with Crippen LogP contribution in [0.3, 0.4) is 0 Å². The number of H-pyrrole nitrogens is 1. The van der Waals surface area contributed by atoms with Crippen LogP contribution in [0.1, 0.15) is 39.1 Å². The molecule has 1 aliphatic heterocycles. The van der Waals surface area contributed by atoms with Crippen molar-refractivity contribution in [2.75, 3.05) is 0 Å². The summed E-state index contributed by atoms with van der Waals surface area (Å²) < 4.78 is 0. The lowest BCUT2D eigenvalue weighted by Crippen LogP contribution is -2.55. The van der Waals surface area contributed by atoms with Crippen molar-refractivity contribution in [3.63, 3.8) is 0 Å². The van der Waals surface area contributed by atoms with E-state index in [0.717, 1.165) is 11.4 Å². The van der Waals surface area contributed by atoms with Gasteiger partial charge in [-0.3, -0.25) is 14.9 Å². The lowest BCUT2D eigenvalue weighted by molar-refractivity contribution is -0.130. The van der Waals surface area contributed by atoms with Gasteiger partial charge in [0.15, 0.2) is 0 Å². The van der Waals surface area contributed by atoms with Crippen molar-refractivity contribution < 1.29 is 9.59 Å². The van der Waals surface area contributed by atoms with Crippen molar-refractivity contribution in [2.45, 2.75) is 58.3 Å². The van der Waals surface area contributed by atoms with E-state index in [0.29, 0.717) is 13.0 Å². The molecule has 4 N–H and O–H groups in total. The van der Waals surface area contributed by atoms with E-state index >= 15 is 0 Å². The van der Waals surface area contributed by atoms with Crippen molar-refractivity contribution in [2.24, 2.45) is 0 Å². The minimum Gasteiger partial charge on any atom is -0.350 e. The Morgan fingerprint density at radius 1 is 1.43 bits per heavy atom. The van der Waals surface area contributed by atoms with Crippen LogP contribution in [-0.2, 0) is 22.6 Å². The maximum absolute atomic E-state index is 12.2. The number of amides is 2. The topological polar surface area (TPSA) is 98.9 Å². The van der Waals surface area contributed by atoms with Crippen molar-refractivity contribution in [1.29, 1.82) is 0 Å². The fourth-order valence-corrected chi connectivity index (χ4v) is 2.21. The van der Waals surface area contributed by atoms with E-state index in [1.54, 1.807) is 13.3 Å². The van der Waals surface area contributed by atoms with Crippen LogP contribution in [0, 0.1) is 0 Å². The van der Waals surface area contributed by atoms with Crippen LogP contribution < -0.4 is 16.0 Å². The highest BCUT2D eigenvalue weighted by Gasteiger charge is 2.28. The molecule has 0 saturated heterocycles. The summed E-state index contributed by atoms with van der Waals surface area (Å²) in [6.45, 7) is 7.97. The highest BCUT2D eigenvalue weighted by Crippen LogP contribution is 2.12. The normalized spacial score (nSPS) is 19.5. The number of aromatic nitrogens is 2. The molecule has 7 nitrogen and oxygen atoms in total. The van der Waals surface area contributed by atoms with Gasteiger partial charge in [-0.25, -0.2) is 4.98 Å². The van der Waals surface area contributed by atoms with Crippen molar-refractivity contribution in [3.8, 4) is 0 Å². The first-order valence-corrected chi connectivity index (χ1v) is 7.13. The molecule has 1 aliphatic rings. The molecule has 2 rings (SSSR count). The number of fused-ring (bicyclic) bond motifs is 1. The average Bonchev–Trinajstić information content (AvgIpc) is 2.83. The van der Waals surface area contributed by atoms with E-state index in [4.69, 9.17) is 0 Å². The lowest BCUT2D eigenvalue weighted by Gasteiger charge is -2.26. The SMILES string of the molecule is CC(NC(=O)C1Cc2nc[nH]c2CN1)C(=O)NC(C)(C)C. The number of imidazole rings is 1. The van der Waals surface area contributed by atoms with Crippen LogP contribution in [0.15, 0.2) is 6.33 Å². The quantitative estimate of drug-likeness (QED) is 0.622. The minimum absolute atomic E-state index is 0.180. The van der Waals surface area contributed by atoms with Gasteiger partial charge in [-0.15, -0.1) is 0 Å². The van der Waals surface area contributed by atoms with Gasteiger partial charge in [0.1, 0.15) is 6.04 Å². The summed E-state index contributed by atoms with van der Waals surface area (Å²) in [5.41, 5.74) is 1.60. The standard InChI is InChI=1S/C14H23N5O2/c1-8(12(20)19-14(2,3)4)18-13(21)10-5-9-11(6-15-10)17-7-16-9/h7-8,10,15H,5-6H2,1-4H3,(H,16,17)(H,18,21)(H,19,20). The van der Waals surface area contributed by atoms with Crippen LogP contribution >= 0.6 is 0 Å². The van der Waals surface area contributed by atoms with Gasteiger partial charge in [0.2, 0.25) is 11.8 Å². The molecule has 0 bridgehead atoms. The number of nitrogens with zero attached hydrogens (tertiary/aromatic N) is 1. The van der Waals surface area contributed by atoms with Gasteiger partial charge in [0.05, 0.1) is 23.8 Å². The third kappa shape index (κ3) is 4.04. The molecule has 0 radical (unpaired) electrons. The van der Waals surface area contributed by atoms with Gasteiger partial charge in [-0.2, -0.15) is 0 Å². The molecule has 2 atom stereocenters. The highest BCUT2D eigenvalue weighted by atomic mass is 16.2. The molecule has 0 aliphatic carbocycles. The van der Waals surface area contributed by atoms with Gasteiger partial charge in [0.25, 0.3) is 0 Å². The number of hydrogen-bond acceptors (Lipinski definition) is 4. The van der Waals surface area contributed by atoms with Crippen LogP contribution in [0.5, 0.6) is 0 Å². The molecule has 0 fully saturated rings. The molecule has 1 aromatic rings. The molecule has 0 saturated carbocycles. The lowest BCUT2D eigenvalue weighted by atomic mass is 10.0. The summed E-state index contributed by atoms with van der Waals surface area (Å²) in [4.78, 5) is 31.4. The van der Waals surface area contributed by atoms with E-state index in [1.165, 1.54) is 0 Å². The van der Waals surface area contributed by atoms with Crippen LogP contribution in [0.2, 0.25) is 0 Å². The van der Waals surface area contributed by atoms with E-state index in [2.05, 4.69) is 25.9 Å². The molecule has 116 valence electrons. The van der Waals surface area contributed by atoms with E-state index < -0.39 is 6.04 Å². The van der Waals surface area contributed by atoms with Crippen LogP contribution in [0.4, 0.5) is 0 Å². The first-order valence-electron chi connectivity index (χ1n) is 7.13. The summed E-state index contributed by atoms with van der Waals surface area (Å²) in [6, 6.07) is -0.926. The first kappa shape index (κ1) is 15.5. The minimum atomic E-state index is -0.570. The second-order valence-corrected chi connectivity index (χ2v) is 6.43. The molecule has 7 heteroatoms.